The Hall–Kier alpha value is -2.26. The van der Waals surface area contributed by atoms with Gasteiger partial charge in [-0.15, -0.1) is 0 Å². The van der Waals surface area contributed by atoms with Crippen LogP contribution in [0.15, 0.2) is 34.1 Å². The van der Waals surface area contributed by atoms with Gasteiger partial charge in [0.2, 0.25) is 15.9 Å². The summed E-state index contributed by atoms with van der Waals surface area (Å²) in [6, 6.07) is 4.67. The van der Waals surface area contributed by atoms with Crippen molar-refractivity contribution in [1.82, 2.24) is 18.8 Å². The predicted molar refractivity (Wildman–Crippen MR) is 118 cm³/mol. The standard InChI is InChI=1S/C22H30N4O4S/c1-16-8-11-24(12-9-16)21(27)15-25-20-7-6-19(13-18(20)14-23-22(25)28)31(29,30)26-10-4-3-5-17(26)2/h6-7,13-14,16-17H,3-5,8-12,15H2,1-2H3. The summed E-state index contributed by atoms with van der Waals surface area (Å²) in [5.74, 6) is 0.496. The number of fused-ring (bicyclic) bond motifs is 1. The molecular weight excluding hydrogens is 416 g/mol. The van der Waals surface area contributed by atoms with Gasteiger partial charge in [0, 0.05) is 37.3 Å². The third-order valence-corrected chi connectivity index (χ3v) is 8.62. The van der Waals surface area contributed by atoms with Crippen LogP contribution in [0, 0.1) is 5.92 Å². The topological polar surface area (TPSA) is 92.6 Å². The summed E-state index contributed by atoms with van der Waals surface area (Å²) in [6.45, 7) is 5.93. The van der Waals surface area contributed by atoms with Gasteiger partial charge in [0.25, 0.3) is 0 Å². The summed E-state index contributed by atoms with van der Waals surface area (Å²) < 4.78 is 29.3. The Balaban J connectivity index is 1.64. The van der Waals surface area contributed by atoms with E-state index in [2.05, 4.69) is 11.9 Å². The van der Waals surface area contributed by atoms with Crippen molar-refractivity contribution in [2.75, 3.05) is 19.6 Å². The van der Waals surface area contributed by atoms with E-state index in [4.69, 9.17) is 0 Å². The van der Waals surface area contributed by atoms with Crippen LogP contribution >= 0.6 is 0 Å². The smallest absolute Gasteiger partial charge is 0.341 e. The number of nitrogens with zero attached hydrogens (tertiary/aromatic N) is 4. The molecule has 2 fully saturated rings. The lowest BCUT2D eigenvalue weighted by molar-refractivity contribution is -0.133. The molecule has 1 unspecified atom stereocenters. The first kappa shape index (κ1) is 22.0. The number of aromatic nitrogens is 2. The predicted octanol–water partition coefficient (Wildman–Crippen LogP) is 2.22. The number of likely N-dealkylation sites (tertiary alicyclic amines) is 1. The van der Waals surface area contributed by atoms with E-state index >= 15 is 0 Å². The average Bonchev–Trinajstić information content (AvgIpc) is 2.76. The van der Waals surface area contributed by atoms with Crippen LogP contribution in [0.4, 0.5) is 0 Å². The number of sulfonamides is 1. The molecule has 2 aliphatic heterocycles. The second kappa shape index (κ2) is 8.70. The number of carbonyl (C=O) groups is 1. The van der Waals surface area contributed by atoms with E-state index in [1.165, 1.54) is 16.8 Å². The normalized spacial score (nSPS) is 21.5. The zero-order valence-electron chi connectivity index (χ0n) is 18.2. The Bertz CT molecular complexity index is 1140. The van der Waals surface area contributed by atoms with Crippen molar-refractivity contribution in [1.29, 1.82) is 0 Å². The monoisotopic (exact) mass is 446 g/mol. The van der Waals surface area contributed by atoms with Crippen molar-refractivity contribution in [3.63, 3.8) is 0 Å². The van der Waals surface area contributed by atoms with Gasteiger partial charge >= 0.3 is 5.69 Å². The Morgan fingerprint density at radius 1 is 1.10 bits per heavy atom. The molecule has 2 aliphatic rings. The van der Waals surface area contributed by atoms with Crippen LogP contribution in [0.25, 0.3) is 10.9 Å². The minimum atomic E-state index is -3.63. The second-order valence-electron chi connectivity index (χ2n) is 8.87. The first-order valence-corrected chi connectivity index (χ1v) is 12.5. The fraction of sp³-hybridized carbons (Fsp3) is 0.591. The molecule has 0 bridgehead atoms. The molecule has 0 saturated carbocycles. The lowest BCUT2D eigenvalue weighted by Gasteiger charge is -2.32. The SMILES string of the molecule is CC1CCN(C(=O)Cn2c(=O)ncc3cc(S(=O)(=O)N4CCCCC4C)ccc32)CC1. The van der Waals surface area contributed by atoms with E-state index in [0.29, 0.717) is 36.5 Å². The molecule has 0 spiro atoms. The molecule has 4 rings (SSSR count). The van der Waals surface area contributed by atoms with E-state index in [1.807, 2.05) is 6.92 Å². The second-order valence-corrected chi connectivity index (χ2v) is 10.8. The van der Waals surface area contributed by atoms with E-state index in [0.717, 1.165) is 32.1 Å². The minimum Gasteiger partial charge on any atom is -0.341 e. The van der Waals surface area contributed by atoms with Crippen molar-refractivity contribution in [3.05, 3.63) is 34.9 Å². The molecule has 1 amide bonds. The number of piperidine rings is 2. The van der Waals surface area contributed by atoms with Gasteiger partial charge in [-0.3, -0.25) is 9.36 Å². The van der Waals surface area contributed by atoms with Crippen molar-refractivity contribution < 1.29 is 13.2 Å². The summed E-state index contributed by atoms with van der Waals surface area (Å²) >= 11 is 0. The molecule has 1 atom stereocenters. The zero-order chi connectivity index (χ0) is 22.2. The summed E-state index contributed by atoms with van der Waals surface area (Å²) in [5.41, 5.74) is 0.0101. The summed E-state index contributed by atoms with van der Waals surface area (Å²) in [4.78, 5) is 31.1. The third-order valence-electron chi connectivity index (χ3n) is 6.61. The van der Waals surface area contributed by atoms with E-state index in [-0.39, 0.29) is 23.4 Å². The van der Waals surface area contributed by atoms with Crippen LogP contribution in [0.2, 0.25) is 0 Å². The van der Waals surface area contributed by atoms with Gasteiger partial charge in [-0.1, -0.05) is 13.3 Å². The molecule has 3 heterocycles. The van der Waals surface area contributed by atoms with Crippen LogP contribution < -0.4 is 5.69 Å². The molecule has 168 valence electrons. The van der Waals surface area contributed by atoms with Gasteiger partial charge in [-0.2, -0.15) is 4.31 Å². The van der Waals surface area contributed by atoms with Gasteiger partial charge < -0.3 is 4.90 Å². The van der Waals surface area contributed by atoms with Crippen molar-refractivity contribution in [3.8, 4) is 0 Å². The fourth-order valence-electron chi connectivity index (χ4n) is 4.55. The lowest BCUT2D eigenvalue weighted by Crippen LogP contribution is -2.42. The third kappa shape index (κ3) is 4.39. The fourth-order valence-corrected chi connectivity index (χ4v) is 6.29. The maximum atomic E-state index is 13.2. The Morgan fingerprint density at radius 3 is 2.55 bits per heavy atom. The van der Waals surface area contributed by atoms with Crippen molar-refractivity contribution >= 4 is 26.8 Å². The Labute approximate surface area is 182 Å². The molecule has 0 N–H and O–H groups in total. The molecule has 8 nitrogen and oxygen atoms in total. The maximum Gasteiger partial charge on any atom is 0.348 e. The number of rotatable bonds is 4. The number of hydrogen-bond donors (Lipinski definition) is 0. The van der Waals surface area contributed by atoms with Gasteiger partial charge in [0.1, 0.15) is 6.54 Å². The molecular formula is C22H30N4O4S. The van der Waals surface area contributed by atoms with Crippen LogP contribution in [0.1, 0.15) is 46.0 Å². The van der Waals surface area contributed by atoms with Gasteiger partial charge in [-0.25, -0.2) is 18.2 Å². The summed E-state index contributed by atoms with van der Waals surface area (Å²) in [5, 5.41) is 0.533. The molecule has 1 aromatic heterocycles. The average molecular weight is 447 g/mol. The Morgan fingerprint density at radius 2 is 1.84 bits per heavy atom. The molecule has 2 aromatic rings. The highest BCUT2D eigenvalue weighted by Gasteiger charge is 2.31. The van der Waals surface area contributed by atoms with Crippen LogP contribution in [-0.4, -0.2) is 58.8 Å². The quantitative estimate of drug-likeness (QED) is 0.718. The highest BCUT2D eigenvalue weighted by Crippen LogP contribution is 2.27. The van der Waals surface area contributed by atoms with Crippen LogP contribution in [0.5, 0.6) is 0 Å². The van der Waals surface area contributed by atoms with Crippen LogP contribution in [-0.2, 0) is 21.4 Å². The maximum absolute atomic E-state index is 13.2. The van der Waals surface area contributed by atoms with Crippen LogP contribution in [0.3, 0.4) is 0 Å². The Kier molecular flexibility index (Phi) is 6.16. The van der Waals surface area contributed by atoms with Gasteiger partial charge in [0.05, 0.1) is 10.4 Å². The largest absolute Gasteiger partial charge is 0.348 e. The van der Waals surface area contributed by atoms with Crippen molar-refractivity contribution in [2.45, 2.75) is 63.4 Å². The molecule has 2 saturated heterocycles. The van der Waals surface area contributed by atoms with E-state index in [1.54, 1.807) is 21.3 Å². The zero-order valence-corrected chi connectivity index (χ0v) is 19.0. The van der Waals surface area contributed by atoms with Gasteiger partial charge in [0.15, 0.2) is 0 Å². The number of carbonyl (C=O) groups excluding carboxylic acids is 1. The van der Waals surface area contributed by atoms with Gasteiger partial charge in [-0.05, 0) is 56.7 Å². The minimum absolute atomic E-state index is 0.0357. The number of benzene rings is 1. The first-order chi connectivity index (χ1) is 14.8. The summed E-state index contributed by atoms with van der Waals surface area (Å²) in [6.07, 6.45) is 6.06. The van der Waals surface area contributed by atoms with E-state index < -0.39 is 15.7 Å². The highest BCUT2D eigenvalue weighted by molar-refractivity contribution is 7.89. The number of hydrogen-bond acceptors (Lipinski definition) is 5. The first-order valence-electron chi connectivity index (χ1n) is 11.1. The molecule has 0 radical (unpaired) electrons. The molecule has 31 heavy (non-hydrogen) atoms. The molecule has 1 aromatic carbocycles. The highest BCUT2D eigenvalue weighted by atomic mass is 32.2. The molecule has 9 heteroatoms. The molecule has 0 aliphatic carbocycles. The lowest BCUT2D eigenvalue weighted by atomic mass is 9.99. The number of amides is 1. The van der Waals surface area contributed by atoms with E-state index in [9.17, 15) is 18.0 Å². The van der Waals surface area contributed by atoms with Crippen molar-refractivity contribution in [2.24, 2.45) is 5.92 Å². The summed E-state index contributed by atoms with van der Waals surface area (Å²) in [7, 11) is -3.63.